The van der Waals surface area contributed by atoms with Gasteiger partial charge in [-0.2, -0.15) is 0 Å². The molecule has 0 amide bonds. The molecule has 0 bridgehead atoms. The first-order valence-corrected chi connectivity index (χ1v) is 6.26. The predicted molar refractivity (Wildman–Crippen MR) is 77.5 cm³/mol. The van der Waals surface area contributed by atoms with Crippen LogP contribution in [0.3, 0.4) is 0 Å². The van der Waals surface area contributed by atoms with E-state index in [4.69, 9.17) is 4.74 Å². The Bertz CT molecular complexity index is 788. The summed E-state index contributed by atoms with van der Waals surface area (Å²) >= 11 is 0. The molecule has 0 fully saturated rings. The predicted octanol–water partition coefficient (Wildman–Crippen LogP) is 4.23. The van der Waals surface area contributed by atoms with E-state index >= 15 is 0 Å². The van der Waals surface area contributed by atoms with E-state index in [1.165, 1.54) is 6.92 Å². The van der Waals surface area contributed by atoms with Gasteiger partial charge in [0.15, 0.2) is 0 Å². The van der Waals surface area contributed by atoms with Crippen LogP contribution in [0.2, 0.25) is 0 Å². The summed E-state index contributed by atoms with van der Waals surface area (Å²) in [6, 6.07) is 16.3. The van der Waals surface area contributed by atoms with Crippen molar-refractivity contribution in [3.8, 4) is 5.75 Å². The molecule has 0 unspecified atom stereocenters. The van der Waals surface area contributed by atoms with Gasteiger partial charge < -0.3 is 4.74 Å². The van der Waals surface area contributed by atoms with Gasteiger partial charge in [0.25, 0.3) is 0 Å². The van der Waals surface area contributed by atoms with Crippen molar-refractivity contribution < 1.29 is 9.53 Å². The minimum absolute atomic E-state index is 0.292. The van der Waals surface area contributed by atoms with Crippen LogP contribution in [0.1, 0.15) is 12.5 Å². The molecule has 0 atom stereocenters. The van der Waals surface area contributed by atoms with Crippen LogP contribution < -0.4 is 4.74 Å². The lowest BCUT2D eigenvalue weighted by atomic mass is 10.0. The molecule has 0 aliphatic rings. The maximum Gasteiger partial charge on any atom is 0.308 e. The normalized spacial score (nSPS) is 10.8. The highest BCUT2D eigenvalue weighted by Gasteiger charge is 2.10. The number of aryl methyl sites for hydroxylation is 1. The maximum atomic E-state index is 11.4. The van der Waals surface area contributed by atoms with Gasteiger partial charge in [-0.25, -0.2) is 0 Å². The highest BCUT2D eigenvalue weighted by atomic mass is 16.5. The van der Waals surface area contributed by atoms with E-state index in [2.05, 4.69) is 24.3 Å². The third kappa shape index (κ3) is 2.06. The van der Waals surface area contributed by atoms with Crippen LogP contribution in [0.4, 0.5) is 0 Å². The Morgan fingerprint density at radius 3 is 2.47 bits per heavy atom. The van der Waals surface area contributed by atoms with E-state index in [9.17, 15) is 4.79 Å². The zero-order valence-electron chi connectivity index (χ0n) is 10.9. The van der Waals surface area contributed by atoms with Crippen molar-refractivity contribution >= 4 is 27.5 Å². The van der Waals surface area contributed by atoms with Crippen LogP contribution in [-0.4, -0.2) is 5.97 Å². The summed E-state index contributed by atoms with van der Waals surface area (Å²) in [5.74, 6) is 0.364. The number of esters is 1. The van der Waals surface area contributed by atoms with Gasteiger partial charge in [0.2, 0.25) is 0 Å². The van der Waals surface area contributed by atoms with Gasteiger partial charge in [-0.15, -0.1) is 0 Å². The molecule has 0 saturated heterocycles. The molecule has 0 aromatic heterocycles. The third-order valence-electron chi connectivity index (χ3n) is 3.22. The smallest absolute Gasteiger partial charge is 0.308 e. The lowest BCUT2D eigenvalue weighted by molar-refractivity contribution is -0.131. The fourth-order valence-corrected chi connectivity index (χ4v) is 2.39. The minimum atomic E-state index is -0.292. The van der Waals surface area contributed by atoms with Crippen molar-refractivity contribution in [2.24, 2.45) is 0 Å². The summed E-state index contributed by atoms with van der Waals surface area (Å²) in [5.41, 5.74) is 1.15. The molecule has 0 aliphatic carbocycles. The topological polar surface area (TPSA) is 26.3 Å². The third-order valence-corrected chi connectivity index (χ3v) is 3.22. The molecule has 0 aliphatic heterocycles. The van der Waals surface area contributed by atoms with E-state index in [0.29, 0.717) is 5.75 Å². The first kappa shape index (κ1) is 11.7. The van der Waals surface area contributed by atoms with E-state index < -0.39 is 0 Å². The fourth-order valence-electron chi connectivity index (χ4n) is 2.39. The molecular weight excluding hydrogens is 236 g/mol. The molecule has 94 valence electrons. The average Bonchev–Trinajstić information content (AvgIpc) is 2.39. The average molecular weight is 250 g/mol. The van der Waals surface area contributed by atoms with Gasteiger partial charge in [-0.05, 0) is 29.8 Å². The zero-order valence-corrected chi connectivity index (χ0v) is 10.9. The number of carbonyl (C=O) groups is 1. The van der Waals surface area contributed by atoms with Crippen molar-refractivity contribution in [3.63, 3.8) is 0 Å². The lowest BCUT2D eigenvalue weighted by Gasteiger charge is -2.11. The van der Waals surface area contributed by atoms with Crippen molar-refractivity contribution in [2.45, 2.75) is 13.8 Å². The Labute approximate surface area is 111 Å². The molecule has 0 heterocycles. The van der Waals surface area contributed by atoms with Gasteiger partial charge in [-0.3, -0.25) is 4.79 Å². The highest BCUT2D eigenvalue weighted by Crippen LogP contribution is 2.35. The Kier molecular flexibility index (Phi) is 2.71. The van der Waals surface area contributed by atoms with Crippen LogP contribution in [-0.2, 0) is 4.79 Å². The number of carbonyl (C=O) groups excluding carboxylic acids is 1. The lowest BCUT2D eigenvalue weighted by Crippen LogP contribution is -2.02. The maximum absolute atomic E-state index is 11.4. The van der Waals surface area contributed by atoms with Crippen LogP contribution in [0, 0.1) is 6.92 Å². The number of rotatable bonds is 1. The number of hydrogen-bond donors (Lipinski definition) is 0. The minimum Gasteiger partial charge on any atom is -0.425 e. The largest absolute Gasteiger partial charge is 0.425 e. The monoisotopic (exact) mass is 250 g/mol. The summed E-state index contributed by atoms with van der Waals surface area (Å²) < 4.78 is 5.46. The molecular formula is C17H14O2. The van der Waals surface area contributed by atoms with Gasteiger partial charge in [0, 0.05) is 17.7 Å². The summed E-state index contributed by atoms with van der Waals surface area (Å²) in [7, 11) is 0. The molecule has 3 aromatic rings. The van der Waals surface area contributed by atoms with Crippen molar-refractivity contribution in [3.05, 3.63) is 54.1 Å². The van der Waals surface area contributed by atoms with Crippen LogP contribution in [0.5, 0.6) is 5.75 Å². The van der Waals surface area contributed by atoms with E-state index in [0.717, 1.165) is 27.1 Å². The number of ether oxygens (including phenoxy) is 1. The molecule has 0 radical (unpaired) electrons. The van der Waals surface area contributed by atoms with Crippen molar-refractivity contribution in [2.75, 3.05) is 0 Å². The summed E-state index contributed by atoms with van der Waals surface area (Å²) in [6.07, 6.45) is 0. The Balaban J connectivity index is 2.46. The van der Waals surface area contributed by atoms with Gasteiger partial charge in [0.05, 0.1) is 0 Å². The van der Waals surface area contributed by atoms with E-state index in [1.807, 2.05) is 31.2 Å². The molecule has 0 spiro atoms. The molecule has 3 aromatic carbocycles. The van der Waals surface area contributed by atoms with Crippen LogP contribution >= 0.6 is 0 Å². The first-order valence-electron chi connectivity index (χ1n) is 6.26. The summed E-state index contributed by atoms with van der Waals surface area (Å²) in [5, 5.41) is 4.11. The quantitative estimate of drug-likeness (QED) is 0.367. The van der Waals surface area contributed by atoms with Gasteiger partial charge in [0.1, 0.15) is 5.75 Å². The van der Waals surface area contributed by atoms with Crippen LogP contribution in [0.15, 0.2) is 48.5 Å². The molecule has 2 nitrogen and oxygen atoms in total. The Hall–Kier alpha value is -2.35. The number of fused-ring (bicyclic) bond motifs is 2. The molecule has 3 rings (SSSR count). The van der Waals surface area contributed by atoms with Gasteiger partial charge >= 0.3 is 5.97 Å². The van der Waals surface area contributed by atoms with E-state index in [1.54, 1.807) is 0 Å². The summed E-state index contributed by atoms with van der Waals surface area (Å²) in [6.45, 7) is 3.47. The second-order valence-corrected chi connectivity index (χ2v) is 4.75. The second-order valence-electron chi connectivity index (χ2n) is 4.75. The second kappa shape index (κ2) is 4.39. The van der Waals surface area contributed by atoms with Crippen LogP contribution in [0.25, 0.3) is 21.5 Å². The SMILES string of the molecule is CC(=O)Oc1c2ccccc2cc2ccc(C)cc12. The Morgan fingerprint density at radius 1 is 0.947 bits per heavy atom. The highest BCUT2D eigenvalue weighted by molar-refractivity contribution is 6.06. The fraction of sp³-hybridized carbons (Fsp3) is 0.118. The standard InChI is InChI=1S/C17H14O2/c1-11-7-8-14-10-13-5-3-4-6-15(13)17(16(14)9-11)19-12(2)18/h3-10H,1-2H3. The van der Waals surface area contributed by atoms with E-state index in [-0.39, 0.29) is 5.97 Å². The Morgan fingerprint density at radius 2 is 1.68 bits per heavy atom. The molecule has 0 saturated carbocycles. The van der Waals surface area contributed by atoms with Gasteiger partial charge in [-0.1, -0.05) is 42.0 Å². The first-order chi connectivity index (χ1) is 9.15. The summed E-state index contributed by atoms with van der Waals surface area (Å²) in [4.78, 5) is 11.4. The number of hydrogen-bond acceptors (Lipinski definition) is 2. The van der Waals surface area contributed by atoms with Crippen molar-refractivity contribution in [1.82, 2.24) is 0 Å². The number of benzene rings is 3. The van der Waals surface area contributed by atoms with Crippen molar-refractivity contribution in [1.29, 1.82) is 0 Å². The molecule has 0 N–H and O–H groups in total. The zero-order chi connectivity index (χ0) is 13.4. The molecule has 19 heavy (non-hydrogen) atoms. The molecule has 2 heteroatoms.